The molecule has 2 aromatic heterocycles. The van der Waals surface area contributed by atoms with Gasteiger partial charge in [-0.05, 0) is 40.9 Å². The molecule has 0 radical (unpaired) electrons. The largest absolute Gasteiger partial charge is 0.387 e. The van der Waals surface area contributed by atoms with E-state index < -0.39 is 6.10 Å². The molecule has 1 fully saturated rings. The minimum atomic E-state index is -0.546. The van der Waals surface area contributed by atoms with Crippen LogP contribution >= 0.6 is 38.9 Å². The Morgan fingerprint density at radius 1 is 1.50 bits per heavy atom. The highest BCUT2D eigenvalue weighted by molar-refractivity contribution is 9.10. The molecule has 0 aliphatic heterocycles. The van der Waals surface area contributed by atoms with Crippen molar-refractivity contribution in [3.05, 3.63) is 37.7 Å². The molecule has 1 atom stereocenters. The lowest BCUT2D eigenvalue weighted by molar-refractivity contribution is 0.180. The molecule has 0 bridgehead atoms. The Kier molecular flexibility index (Phi) is 4.50. The standard InChI is InChI=1S/C14H16BrClN2OS/c15-11-8-13(20-14(11)16)12(19)7-9-5-6-18(17-9)10-3-1-2-4-10/h5-6,8,10,12,19H,1-4,7H2. The summed E-state index contributed by atoms with van der Waals surface area (Å²) in [6.45, 7) is 0. The Hall–Kier alpha value is -0.360. The van der Waals surface area contributed by atoms with Crippen molar-refractivity contribution in [1.29, 1.82) is 0 Å². The zero-order valence-electron chi connectivity index (χ0n) is 10.9. The zero-order valence-corrected chi connectivity index (χ0v) is 14.1. The first-order chi connectivity index (χ1) is 9.63. The van der Waals surface area contributed by atoms with Crippen molar-refractivity contribution in [1.82, 2.24) is 9.78 Å². The second-order valence-corrected chi connectivity index (χ2v) is 7.76. The highest BCUT2D eigenvalue weighted by Crippen LogP contribution is 2.36. The average Bonchev–Trinajstić information content (AvgIpc) is 3.11. The average molecular weight is 376 g/mol. The van der Waals surface area contributed by atoms with Crippen LogP contribution in [0.4, 0.5) is 0 Å². The van der Waals surface area contributed by atoms with Crippen LogP contribution < -0.4 is 0 Å². The minimum absolute atomic E-state index is 0.531. The van der Waals surface area contributed by atoms with Crippen molar-refractivity contribution in [2.75, 3.05) is 0 Å². The zero-order chi connectivity index (χ0) is 14.1. The Balaban J connectivity index is 1.68. The molecule has 1 aliphatic carbocycles. The fourth-order valence-corrected chi connectivity index (χ4v) is 4.41. The maximum Gasteiger partial charge on any atom is 0.107 e. The van der Waals surface area contributed by atoms with E-state index in [-0.39, 0.29) is 0 Å². The van der Waals surface area contributed by atoms with Crippen molar-refractivity contribution in [3.8, 4) is 0 Å². The van der Waals surface area contributed by atoms with Gasteiger partial charge in [-0.15, -0.1) is 11.3 Å². The molecule has 3 nitrogen and oxygen atoms in total. The summed E-state index contributed by atoms with van der Waals surface area (Å²) in [7, 11) is 0. The Morgan fingerprint density at radius 3 is 2.90 bits per heavy atom. The maximum atomic E-state index is 10.3. The van der Waals surface area contributed by atoms with Gasteiger partial charge in [0.2, 0.25) is 0 Å². The minimum Gasteiger partial charge on any atom is -0.387 e. The molecule has 6 heteroatoms. The molecular weight excluding hydrogens is 360 g/mol. The van der Waals surface area contributed by atoms with Crippen LogP contribution in [0.1, 0.15) is 48.4 Å². The van der Waals surface area contributed by atoms with Crippen LogP contribution in [0.5, 0.6) is 0 Å². The number of halogens is 2. The first-order valence-electron chi connectivity index (χ1n) is 6.80. The summed E-state index contributed by atoms with van der Waals surface area (Å²) in [5, 5.41) is 14.9. The van der Waals surface area contributed by atoms with Gasteiger partial charge in [0, 0.05) is 22.0 Å². The fraction of sp³-hybridized carbons (Fsp3) is 0.500. The molecule has 2 aromatic rings. The molecule has 108 valence electrons. The molecule has 20 heavy (non-hydrogen) atoms. The molecule has 0 saturated heterocycles. The van der Waals surface area contributed by atoms with Gasteiger partial charge in [-0.25, -0.2) is 0 Å². The summed E-state index contributed by atoms with van der Waals surface area (Å²) in [6, 6.07) is 4.43. The normalized spacial score (nSPS) is 17.8. The first kappa shape index (κ1) is 14.6. The third-order valence-electron chi connectivity index (χ3n) is 3.76. The number of nitrogens with zero attached hydrogens (tertiary/aromatic N) is 2. The Labute approximate surface area is 135 Å². The third-order valence-corrected chi connectivity index (χ3v) is 6.33. The Bertz CT molecular complexity index is 572. The van der Waals surface area contributed by atoms with Crippen molar-refractivity contribution in [3.63, 3.8) is 0 Å². The van der Waals surface area contributed by atoms with E-state index in [1.807, 2.05) is 18.3 Å². The molecule has 2 heterocycles. The number of aliphatic hydroxyl groups excluding tert-OH is 1. The Morgan fingerprint density at radius 2 is 2.25 bits per heavy atom. The lowest BCUT2D eigenvalue weighted by Gasteiger charge is -2.09. The van der Waals surface area contributed by atoms with E-state index in [2.05, 4.69) is 25.7 Å². The van der Waals surface area contributed by atoms with Gasteiger partial charge in [-0.1, -0.05) is 24.4 Å². The number of aliphatic hydroxyl groups is 1. The van der Waals surface area contributed by atoms with Gasteiger partial charge in [0.25, 0.3) is 0 Å². The van der Waals surface area contributed by atoms with E-state index in [0.29, 0.717) is 16.8 Å². The molecule has 0 amide bonds. The number of hydrogen-bond donors (Lipinski definition) is 1. The monoisotopic (exact) mass is 374 g/mol. The first-order valence-corrected chi connectivity index (χ1v) is 8.79. The fourth-order valence-electron chi connectivity index (χ4n) is 2.68. The molecule has 1 N–H and O–H groups in total. The SMILES string of the molecule is OC(Cc1ccn(C2CCCC2)n1)c1cc(Br)c(Cl)s1. The highest BCUT2D eigenvalue weighted by atomic mass is 79.9. The maximum absolute atomic E-state index is 10.3. The highest BCUT2D eigenvalue weighted by Gasteiger charge is 2.19. The molecule has 3 rings (SSSR count). The predicted octanol–water partition coefficient (Wildman–Crippen LogP) is 4.75. The summed E-state index contributed by atoms with van der Waals surface area (Å²) >= 11 is 10.8. The summed E-state index contributed by atoms with van der Waals surface area (Å²) in [6.07, 6.45) is 7.05. The second-order valence-electron chi connectivity index (χ2n) is 5.22. The number of thiophene rings is 1. The van der Waals surface area contributed by atoms with Gasteiger partial charge in [-0.2, -0.15) is 5.10 Å². The number of aromatic nitrogens is 2. The van der Waals surface area contributed by atoms with Crippen LogP contribution in [-0.4, -0.2) is 14.9 Å². The van der Waals surface area contributed by atoms with Gasteiger partial charge in [-0.3, -0.25) is 4.68 Å². The third kappa shape index (κ3) is 3.11. The lowest BCUT2D eigenvalue weighted by atomic mass is 10.2. The molecule has 1 saturated carbocycles. The van der Waals surface area contributed by atoms with Crippen LogP contribution in [0.25, 0.3) is 0 Å². The predicted molar refractivity (Wildman–Crippen MR) is 85.4 cm³/mol. The van der Waals surface area contributed by atoms with E-state index in [1.165, 1.54) is 37.0 Å². The summed E-state index contributed by atoms with van der Waals surface area (Å²) in [4.78, 5) is 0.872. The van der Waals surface area contributed by atoms with E-state index in [4.69, 9.17) is 11.6 Å². The second kappa shape index (κ2) is 6.18. The molecule has 0 aromatic carbocycles. The van der Waals surface area contributed by atoms with Gasteiger partial charge in [0.15, 0.2) is 0 Å². The smallest absolute Gasteiger partial charge is 0.107 e. The van der Waals surface area contributed by atoms with E-state index >= 15 is 0 Å². The van der Waals surface area contributed by atoms with Gasteiger partial charge in [0.1, 0.15) is 4.34 Å². The van der Waals surface area contributed by atoms with Gasteiger partial charge < -0.3 is 5.11 Å². The van der Waals surface area contributed by atoms with Crippen molar-refractivity contribution < 1.29 is 5.11 Å². The van der Waals surface area contributed by atoms with Crippen LogP contribution in [0.3, 0.4) is 0 Å². The van der Waals surface area contributed by atoms with Crippen molar-refractivity contribution in [2.24, 2.45) is 0 Å². The van der Waals surface area contributed by atoms with Crippen LogP contribution in [0, 0.1) is 0 Å². The van der Waals surface area contributed by atoms with Crippen molar-refractivity contribution >= 4 is 38.9 Å². The summed E-state index contributed by atoms with van der Waals surface area (Å²) in [5.74, 6) is 0. The van der Waals surface area contributed by atoms with E-state index in [9.17, 15) is 5.11 Å². The van der Waals surface area contributed by atoms with Crippen LogP contribution in [0.2, 0.25) is 4.34 Å². The van der Waals surface area contributed by atoms with Crippen molar-refractivity contribution in [2.45, 2.75) is 44.2 Å². The quantitative estimate of drug-likeness (QED) is 0.837. The summed E-state index contributed by atoms with van der Waals surface area (Å²) < 4.78 is 3.58. The van der Waals surface area contributed by atoms with Crippen LogP contribution in [0.15, 0.2) is 22.8 Å². The molecule has 1 aliphatic rings. The van der Waals surface area contributed by atoms with Gasteiger partial charge in [0.05, 0.1) is 17.8 Å². The lowest BCUT2D eigenvalue weighted by Crippen LogP contribution is -2.07. The number of hydrogen-bond acceptors (Lipinski definition) is 3. The summed E-state index contributed by atoms with van der Waals surface area (Å²) in [5.41, 5.74) is 0.935. The van der Waals surface area contributed by atoms with E-state index in [0.717, 1.165) is 15.0 Å². The van der Waals surface area contributed by atoms with Gasteiger partial charge >= 0.3 is 0 Å². The molecular formula is C14H16BrClN2OS. The molecule has 0 spiro atoms. The molecule has 1 unspecified atom stereocenters. The van der Waals surface area contributed by atoms with E-state index in [1.54, 1.807) is 0 Å². The number of rotatable bonds is 4. The topological polar surface area (TPSA) is 38.0 Å². The van der Waals surface area contributed by atoms with Crippen LogP contribution in [-0.2, 0) is 6.42 Å².